The minimum Gasteiger partial charge on any atom is -0.493 e. The van der Waals surface area contributed by atoms with Gasteiger partial charge in [-0.25, -0.2) is 0 Å². The highest BCUT2D eigenvalue weighted by atomic mass is 16.5. The lowest BCUT2D eigenvalue weighted by molar-refractivity contribution is 0.288. The fourth-order valence-corrected chi connectivity index (χ4v) is 5.51. The lowest BCUT2D eigenvalue weighted by Crippen LogP contribution is -2.10. The molecule has 40 heavy (non-hydrogen) atoms. The van der Waals surface area contributed by atoms with Gasteiger partial charge in [-0.15, -0.1) is 0 Å². The maximum absolute atomic E-state index is 5.77. The number of ether oxygens (including phenoxy) is 1. The normalized spacial score (nSPS) is 13.3. The van der Waals surface area contributed by atoms with Crippen LogP contribution >= 0.6 is 0 Å². The molecule has 5 aromatic carbocycles. The molecule has 0 amide bonds. The topological polar surface area (TPSA) is 12.5 Å². The summed E-state index contributed by atoms with van der Waals surface area (Å²) >= 11 is 0. The summed E-state index contributed by atoms with van der Waals surface area (Å²) in [6, 6.07) is 37.3. The van der Waals surface area contributed by atoms with Crippen LogP contribution in [0.4, 0.5) is 17.1 Å². The van der Waals surface area contributed by atoms with Crippen molar-refractivity contribution in [3.63, 3.8) is 0 Å². The summed E-state index contributed by atoms with van der Waals surface area (Å²) in [5.74, 6) is 1.03. The second-order valence-electron chi connectivity index (χ2n) is 10.7. The lowest BCUT2D eigenvalue weighted by atomic mass is 9.96. The Balaban J connectivity index is 1.38. The largest absolute Gasteiger partial charge is 0.493 e. The monoisotopic (exact) mass is 521 g/mol. The Morgan fingerprint density at radius 1 is 0.750 bits per heavy atom. The minimum atomic E-state index is 0.824. The summed E-state index contributed by atoms with van der Waals surface area (Å²) in [5, 5.41) is 2.48. The van der Waals surface area contributed by atoms with Crippen molar-refractivity contribution >= 4 is 39.5 Å². The number of anilines is 3. The molecule has 2 nitrogen and oxygen atoms in total. The summed E-state index contributed by atoms with van der Waals surface area (Å²) in [4.78, 5) is 2.36. The predicted octanol–water partition coefficient (Wildman–Crippen LogP) is 10.4. The van der Waals surface area contributed by atoms with Crippen LogP contribution in [-0.4, -0.2) is 6.61 Å². The Hall–Kier alpha value is -4.56. The van der Waals surface area contributed by atoms with Crippen molar-refractivity contribution in [3.05, 3.63) is 143 Å². The smallest absolute Gasteiger partial charge is 0.122 e. The number of aryl methyl sites for hydroxylation is 3. The molecule has 0 saturated heterocycles. The third-order valence-electron chi connectivity index (χ3n) is 7.72. The molecule has 1 heterocycles. The molecule has 0 radical (unpaired) electrons. The number of benzene rings is 5. The third-order valence-corrected chi connectivity index (χ3v) is 7.72. The van der Waals surface area contributed by atoms with Crippen LogP contribution in [0, 0.1) is 13.8 Å². The number of fused-ring (bicyclic) bond motifs is 2. The number of allylic oxidation sites excluding steroid dienone is 3. The molecule has 6 rings (SSSR count). The first-order chi connectivity index (χ1) is 19.6. The maximum Gasteiger partial charge on any atom is 0.122 e. The Bertz CT molecular complexity index is 1660. The van der Waals surface area contributed by atoms with Crippen LogP contribution in [0.1, 0.15) is 41.2 Å². The van der Waals surface area contributed by atoms with Gasteiger partial charge < -0.3 is 9.64 Å². The zero-order chi connectivity index (χ0) is 27.5. The number of rotatable bonds is 6. The van der Waals surface area contributed by atoms with E-state index in [1.165, 1.54) is 49.9 Å². The third kappa shape index (κ3) is 5.31. The average molecular weight is 522 g/mol. The molecule has 0 spiro atoms. The van der Waals surface area contributed by atoms with Gasteiger partial charge in [-0.05, 0) is 104 Å². The molecular weight excluding hydrogens is 486 g/mol. The minimum absolute atomic E-state index is 0.824. The molecule has 0 bridgehead atoms. The van der Waals surface area contributed by atoms with E-state index >= 15 is 0 Å². The summed E-state index contributed by atoms with van der Waals surface area (Å²) in [7, 11) is 0. The number of hydrogen-bond donors (Lipinski definition) is 0. The van der Waals surface area contributed by atoms with Gasteiger partial charge in [0.15, 0.2) is 0 Å². The van der Waals surface area contributed by atoms with Gasteiger partial charge in [0.1, 0.15) is 5.75 Å². The predicted molar refractivity (Wildman–Crippen MR) is 171 cm³/mol. The van der Waals surface area contributed by atoms with E-state index in [1.807, 2.05) is 0 Å². The fourth-order valence-electron chi connectivity index (χ4n) is 5.51. The average Bonchev–Trinajstić information content (AvgIpc) is 2.99. The van der Waals surface area contributed by atoms with Gasteiger partial charge >= 0.3 is 0 Å². The molecule has 0 fully saturated rings. The van der Waals surface area contributed by atoms with E-state index in [4.69, 9.17) is 4.74 Å². The van der Waals surface area contributed by atoms with Crippen molar-refractivity contribution < 1.29 is 4.74 Å². The first kappa shape index (κ1) is 25.7. The van der Waals surface area contributed by atoms with Crippen molar-refractivity contribution in [1.82, 2.24) is 0 Å². The van der Waals surface area contributed by atoms with Crippen molar-refractivity contribution in [2.45, 2.75) is 33.6 Å². The van der Waals surface area contributed by atoms with E-state index in [0.717, 1.165) is 36.6 Å². The van der Waals surface area contributed by atoms with Gasteiger partial charge in [0.25, 0.3) is 0 Å². The molecule has 1 aliphatic rings. The summed E-state index contributed by atoms with van der Waals surface area (Å²) in [5.41, 5.74) is 11.0. The molecule has 0 aromatic heterocycles. The molecule has 0 aliphatic carbocycles. The van der Waals surface area contributed by atoms with Gasteiger partial charge in [0.05, 0.1) is 12.3 Å². The van der Waals surface area contributed by atoms with Crippen molar-refractivity contribution in [2.24, 2.45) is 0 Å². The first-order valence-corrected chi connectivity index (χ1v) is 14.1. The fraction of sp³-hybridized carbons (Fsp3) is 0.158. The molecule has 0 atom stereocenters. The SMILES string of the molecule is CC(=CC=Cc1ccc2c(c1)CCCO2)c1ccc(N(c2ccc(C)cc2)c2ccc(C)cc2)c2ccccc12. The van der Waals surface area contributed by atoms with Gasteiger partial charge in [-0.3, -0.25) is 0 Å². The number of nitrogens with zero attached hydrogens (tertiary/aromatic N) is 1. The zero-order valence-corrected chi connectivity index (χ0v) is 23.5. The van der Waals surface area contributed by atoms with Crippen molar-refractivity contribution in [1.29, 1.82) is 0 Å². The van der Waals surface area contributed by atoms with Gasteiger partial charge in [0.2, 0.25) is 0 Å². The molecule has 0 saturated carbocycles. The highest BCUT2D eigenvalue weighted by molar-refractivity contribution is 6.04. The molecule has 0 N–H and O–H groups in total. The molecule has 5 aromatic rings. The Morgan fingerprint density at radius 2 is 1.43 bits per heavy atom. The van der Waals surface area contributed by atoms with Crippen LogP contribution in [0.25, 0.3) is 22.4 Å². The maximum atomic E-state index is 5.77. The second-order valence-corrected chi connectivity index (χ2v) is 10.7. The summed E-state index contributed by atoms with van der Waals surface area (Å²) < 4.78 is 5.77. The zero-order valence-electron chi connectivity index (χ0n) is 23.5. The van der Waals surface area contributed by atoms with Crippen LogP contribution in [0.3, 0.4) is 0 Å². The molecule has 198 valence electrons. The van der Waals surface area contributed by atoms with E-state index in [-0.39, 0.29) is 0 Å². The van der Waals surface area contributed by atoms with E-state index in [9.17, 15) is 0 Å². The standard InChI is InChI=1S/C38H35NO/c1-27-13-18-32(19-14-27)39(33-20-15-28(2)16-21-33)37-23-22-34(35-11-4-5-12-36(35)37)29(3)8-6-9-30-17-24-38-31(26-30)10-7-25-40-38/h4-6,8-9,11-24,26H,7,10,25H2,1-3H3. The van der Waals surface area contributed by atoms with Gasteiger partial charge in [-0.1, -0.05) is 90.0 Å². The summed E-state index contributed by atoms with van der Waals surface area (Å²) in [6.07, 6.45) is 8.74. The highest BCUT2D eigenvalue weighted by Gasteiger charge is 2.17. The van der Waals surface area contributed by atoms with E-state index < -0.39 is 0 Å². The van der Waals surface area contributed by atoms with E-state index in [2.05, 4.69) is 147 Å². The van der Waals surface area contributed by atoms with Crippen LogP contribution in [0.5, 0.6) is 5.75 Å². The van der Waals surface area contributed by atoms with Crippen molar-refractivity contribution in [2.75, 3.05) is 11.5 Å². The van der Waals surface area contributed by atoms with Gasteiger partial charge in [-0.2, -0.15) is 0 Å². The van der Waals surface area contributed by atoms with Crippen LogP contribution in [-0.2, 0) is 6.42 Å². The Kier molecular flexibility index (Phi) is 7.25. The van der Waals surface area contributed by atoms with Crippen LogP contribution in [0.15, 0.2) is 115 Å². The number of hydrogen-bond acceptors (Lipinski definition) is 2. The van der Waals surface area contributed by atoms with Crippen LogP contribution in [0.2, 0.25) is 0 Å². The molecule has 0 unspecified atom stereocenters. The first-order valence-electron chi connectivity index (χ1n) is 14.1. The lowest BCUT2D eigenvalue weighted by Gasteiger charge is -2.27. The molecule has 1 aliphatic heterocycles. The highest BCUT2D eigenvalue weighted by Crippen LogP contribution is 2.41. The molecule has 2 heteroatoms. The van der Waals surface area contributed by atoms with Crippen molar-refractivity contribution in [3.8, 4) is 5.75 Å². The summed E-state index contributed by atoms with van der Waals surface area (Å²) in [6.45, 7) is 7.29. The molecular formula is C38H35NO. The van der Waals surface area contributed by atoms with E-state index in [1.54, 1.807) is 0 Å². The Labute approximate surface area is 237 Å². The van der Waals surface area contributed by atoms with Crippen LogP contribution < -0.4 is 9.64 Å². The van der Waals surface area contributed by atoms with Gasteiger partial charge in [0, 0.05) is 16.8 Å². The quantitative estimate of drug-likeness (QED) is 0.206. The van der Waals surface area contributed by atoms with E-state index in [0.29, 0.717) is 0 Å². The second kappa shape index (κ2) is 11.3. The Morgan fingerprint density at radius 3 is 2.12 bits per heavy atom.